The van der Waals surface area contributed by atoms with Crippen molar-refractivity contribution in [2.75, 3.05) is 33.4 Å². The summed E-state index contributed by atoms with van der Waals surface area (Å²) in [6.45, 7) is 4.60. The van der Waals surface area contributed by atoms with E-state index < -0.39 is 0 Å². The fourth-order valence-electron chi connectivity index (χ4n) is 5.00. The van der Waals surface area contributed by atoms with Crippen molar-refractivity contribution >= 4 is 0 Å². The van der Waals surface area contributed by atoms with Gasteiger partial charge in [-0.05, 0) is 68.4 Å². The average Bonchev–Trinajstić information content (AvgIpc) is 2.94. The zero-order valence-electron chi connectivity index (χ0n) is 21.5. The maximum Gasteiger partial charge on any atom is 0.137 e. The van der Waals surface area contributed by atoms with Crippen LogP contribution in [0.15, 0.2) is 54.7 Å². The minimum absolute atomic E-state index is 0.0904. The van der Waals surface area contributed by atoms with Crippen molar-refractivity contribution in [3.8, 4) is 23.1 Å². The fourth-order valence-corrected chi connectivity index (χ4v) is 5.00. The first-order valence-electron chi connectivity index (χ1n) is 13.3. The largest absolute Gasteiger partial charge is 0.489 e. The van der Waals surface area contributed by atoms with E-state index >= 15 is 0 Å². The molecule has 2 aliphatic rings. The Hall–Kier alpha value is -3.31. The molecule has 192 valence electrons. The van der Waals surface area contributed by atoms with E-state index in [1.807, 2.05) is 24.3 Å². The lowest BCUT2D eigenvalue weighted by atomic mass is 10.0. The molecule has 0 bridgehead atoms. The van der Waals surface area contributed by atoms with Gasteiger partial charge < -0.3 is 19.7 Å². The van der Waals surface area contributed by atoms with Gasteiger partial charge in [-0.1, -0.05) is 24.3 Å². The lowest BCUT2D eigenvalue weighted by molar-refractivity contribution is 0.0254. The number of likely N-dealkylation sites (tertiary alicyclic amines) is 1. The third-order valence-electron chi connectivity index (χ3n) is 7.23. The summed E-state index contributed by atoms with van der Waals surface area (Å²) in [4.78, 5) is 11.7. The van der Waals surface area contributed by atoms with Crippen LogP contribution in [-0.4, -0.2) is 60.4 Å². The monoisotopic (exact) mass is 497 g/mol. The molecular weight excluding hydrogens is 462 g/mol. The summed E-state index contributed by atoms with van der Waals surface area (Å²) in [6, 6.07) is 19.1. The van der Waals surface area contributed by atoms with Crippen molar-refractivity contribution in [1.82, 2.24) is 20.2 Å². The molecule has 2 aliphatic heterocycles. The van der Waals surface area contributed by atoms with Gasteiger partial charge in [-0.3, -0.25) is 0 Å². The third kappa shape index (κ3) is 6.92. The Balaban J connectivity index is 1.24. The third-order valence-corrected chi connectivity index (χ3v) is 7.23. The summed E-state index contributed by atoms with van der Waals surface area (Å²) < 4.78 is 11.5. The predicted molar refractivity (Wildman–Crippen MR) is 143 cm³/mol. The van der Waals surface area contributed by atoms with Crippen molar-refractivity contribution in [2.45, 2.75) is 50.8 Å². The molecule has 7 heteroatoms. The number of nitrogens with one attached hydrogen (secondary N) is 1. The SMILES string of the molecule is CN1CCC(NCc2cccc(Cc3nccc(-c4ccc(OC5CCOCC5)c(C#N)c4)n3)c2)CC1. The Kier molecular flexibility index (Phi) is 8.42. The predicted octanol–water partition coefficient (Wildman–Crippen LogP) is 4.35. The van der Waals surface area contributed by atoms with Crippen LogP contribution in [0.5, 0.6) is 5.75 Å². The summed E-state index contributed by atoms with van der Waals surface area (Å²) in [5, 5.41) is 13.5. The van der Waals surface area contributed by atoms with Crippen LogP contribution in [0.1, 0.15) is 48.2 Å². The van der Waals surface area contributed by atoms with Crippen LogP contribution in [0.25, 0.3) is 11.3 Å². The van der Waals surface area contributed by atoms with Gasteiger partial charge in [0.15, 0.2) is 0 Å². The van der Waals surface area contributed by atoms with E-state index in [0.29, 0.717) is 37.0 Å². The van der Waals surface area contributed by atoms with Gasteiger partial charge in [0.2, 0.25) is 0 Å². The second kappa shape index (κ2) is 12.3. The standard InChI is InChI=1S/C30H35N5O2/c1-35-13-8-26(9-14-35)33-21-23-4-2-3-22(17-23)18-30-32-12-7-28(34-30)24-5-6-29(25(19-24)20-31)37-27-10-15-36-16-11-27/h2-7,12,17,19,26-27,33H,8-11,13-16,18,21H2,1H3. The molecule has 2 aromatic carbocycles. The highest BCUT2D eigenvalue weighted by atomic mass is 16.5. The van der Waals surface area contributed by atoms with Crippen molar-refractivity contribution < 1.29 is 9.47 Å². The Morgan fingerprint density at radius 2 is 1.86 bits per heavy atom. The first-order valence-corrected chi connectivity index (χ1v) is 13.3. The summed E-state index contributed by atoms with van der Waals surface area (Å²) in [7, 11) is 2.19. The Morgan fingerprint density at radius 3 is 2.68 bits per heavy atom. The van der Waals surface area contributed by atoms with E-state index in [-0.39, 0.29) is 6.10 Å². The molecule has 0 atom stereocenters. The van der Waals surface area contributed by atoms with Crippen LogP contribution in [0.4, 0.5) is 0 Å². The average molecular weight is 498 g/mol. The number of hydrogen-bond acceptors (Lipinski definition) is 7. The summed E-state index contributed by atoms with van der Waals surface area (Å²) in [5.41, 5.74) is 4.69. The summed E-state index contributed by atoms with van der Waals surface area (Å²) in [6.07, 6.45) is 6.63. The fraction of sp³-hybridized carbons (Fsp3) is 0.433. The van der Waals surface area contributed by atoms with Crippen molar-refractivity contribution in [1.29, 1.82) is 5.26 Å². The van der Waals surface area contributed by atoms with Gasteiger partial charge in [0.25, 0.3) is 0 Å². The molecule has 2 fully saturated rings. The molecule has 0 aliphatic carbocycles. The topological polar surface area (TPSA) is 83.3 Å². The maximum absolute atomic E-state index is 9.74. The van der Waals surface area contributed by atoms with Crippen LogP contribution in [0.3, 0.4) is 0 Å². The normalized spacial score (nSPS) is 17.4. The van der Waals surface area contributed by atoms with E-state index in [4.69, 9.17) is 14.5 Å². The highest BCUT2D eigenvalue weighted by Crippen LogP contribution is 2.27. The van der Waals surface area contributed by atoms with Crippen LogP contribution in [-0.2, 0) is 17.7 Å². The molecule has 1 N–H and O–H groups in total. The van der Waals surface area contributed by atoms with Crippen molar-refractivity contribution in [3.63, 3.8) is 0 Å². The van der Waals surface area contributed by atoms with Crippen LogP contribution < -0.4 is 10.1 Å². The lowest BCUT2D eigenvalue weighted by Crippen LogP contribution is -2.40. The number of benzene rings is 2. The number of nitrogens with zero attached hydrogens (tertiary/aromatic N) is 4. The van der Waals surface area contributed by atoms with E-state index in [9.17, 15) is 5.26 Å². The molecule has 3 aromatic rings. The molecule has 37 heavy (non-hydrogen) atoms. The van der Waals surface area contributed by atoms with Crippen LogP contribution in [0, 0.1) is 11.3 Å². The number of rotatable bonds is 8. The van der Waals surface area contributed by atoms with Gasteiger partial charge >= 0.3 is 0 Å². The number of hydrogen-bond donors (Lipinski definition) is 1. The number of piperidine rings is 1. The second-order valence-corrected chi connectivity index (χ2v) is 10.1. The summed E-state index contributed by atoms with van der Waals surface area (Å²) in [5.74, 6) is 1.39. The zero-order valence-corrected chi connectivity index (χ0v) is 21.5. The highest BCUT2D eigenvalue weighted by molar-refractivity contribution is 5.64. The molecule has 1 aromatic heterocycles. The van der Waals surface area contributed by atoms with Gasteiger partial charge in [0.1, 0.15) is 23.7 Å². The minimum Gasteiger partial charge on any atom is -0.489 e. The smallest absolute Gasteiger partial charge is 0.137 e. The van der Waals surface area contributed by atoms with Gasteiger partial charge in [0, 0.05) is 43.6 Å². The number of aromatic nitrogens is 2. The van der Waals surface area contributed by atoms with E-state index in [0.717, 1.165) is 49.6 Å². The maximum atomic E-state index is 9.74. The Labute approximate surface area is 219 Å². The van der Waals surface area contributed by atoms with Gasteiger partial charge in [-0.15, -0.1) is 0 Å². The Morgan fingerprint density at radius 1 is 1.05 bits per heavy atom. The highest BCUT2D eigenvalue weighted by Gasteiger charge is 2.18. The lowest BCUT2D eigenvalue weighted by Gasteiger charge is -2.29. The number of nitriles is 1. The van der Waals surface area contributed by atoms with Gasteiger partial charge in [-0.2, -0.15) is 5.26 Å². The van der Waals surface area contributed by atoms with E-state index in [1.54, 1.807) is 6.20 Å². The van der Waals surface area contributed by atoms with Crippen LogP contribution in [0.2, 0.25) is 0 Å². The van der Waals surface area contributed by atoms with Gasteiger partial charge in [0.05, 0.1) is 24.5 Å². The summed E-state index contributed by atoms with van der Waals surface area (Å²) >= 11 is 0. The van der Waals surface area contributed by atoms with E-state index in [1.165, 1.54) is 24.0 Å². The first-order chi connectivity index (χ1) is 18.2. The molecular formula is C30H35N5O2. The quantitative estimate of drug-likeness (QED) is 0.495. The van der Waals surface area contributed by atoms with E-state index in [2.05, 4.69) is 52.6 Å². The molecule has 0 amide bonds. The molecule has 5 rings (SSSR count). The molecule has 0 spiro atoms. The minimum atomic E-state index is 0.0904. The van der Waals surface area contributed by atoms with Gasteiger partial charge in [-0.25, -0.2) is 9.97 Å². The molecule has 0 radical (unpaired) electrons. The van der Waals surface area contributed by atoms with Crippen molar-refractivity contribution in [3.05, 3.63) is 77.2 Å². The molecule has 2 saturated heterocycles. The number of ether oxygens (including phenoxy) is 2. The molecule has 0 saturated carbocycles. The molecule has 7 nitrogen and oxygen atoms in total. The molecule has 0 unspecified atom stereocenters. The molecule has 3 heterocycles. The zero-order chi connectivity index (χ0) is 25.5. The second-order valence-electron chi connectivity index (χ2n) is 10.1. The van der Waals surface area contributed by atoms with Crippen LogP contribution >= 0.6 is 0 Å². The Bertz CT molecular complexity index is 1230. The first kappa shape index (κ1) is 25.3. The van der Waals surface area contributed by atoms with Crippen molar-refractivity contribution in [2.24, 2.45) is 0 Å².